The van der Waals surface area contributed by atoms with Gasteiger partial charge in [-0.25, -0.2) is 8.42 Å². The molecule has 0 saturated carbocycles. The summed E-state index contributed by atoms with van der Waals surface area (Å²) in [5.41, 5.74) is 1.44. The average Bonchev–Trinajstić information content (AvgIpc) is 2.70. The average molecular weight is 405 g/mol. The van der Waals surface area contributed by atoms with Crippen molar-refractivity contribution in [2.24, 2.45) is 0 Å². The van der Waals surface area contributed by atoms with Gasteiger partial charge in [-0.1, -0.05) is 26.0 Å². The predicted octanol–water partition coefficient (Wildman–Crippen LogP) is 3.39. The lowest BCUT2D eigenvalue weighted by Gasteiger charge is -2.20. The second kappa shape index (κ2) is 9.71. The standard InChI is InChI=1S/C21H28N2O4S/c1-5-23(6-2)28(25,26)20-14-10-18(11-15-20)21(24)22(4)16-17-8-12-19(13-9-17)27-7-3/h8-15H,5-7,16H2,1-4H3. The normalized spacial score (nSPS) is 11.5. The van der Waals surface area contributed by atoms with Crippen LogP contribution in [0.5, 0.6) is 5.75 Å². The Hall–Kier alpha value is -2.38. The first-order valence-corrected chi connectivity index (χ1v) is 10.8. The molecule has 0 aliphatic carbocycles. The first-order valence-electron chi connectivity index (χ1n) is 9.40. The van der Waals surface area contributed by atoms with Crippen LogP contribution in [0.2, 0.25) is 0 Å². The van der Waals surface area contributed by atoms with Gasteiger partial charge in [0.15, 0.2) is 0 Å². The number of hydrogen-bond acceptors (Lipinski definition) is 4. The second-order valence-electron chi connectivity index (χ2n) is 6.35. The van der Waals surface area contributed by atoms with E-state index in [4.69, 9.17) is 4.74 Å². The Morgan fingerprint density at radius 3 is 2.00 bits per heavy atom. The molecule has 0 radical (unpaired) electrons. The van der Waals surface area contributed by atoms with Crippen molar-refractivity contribution in [2.75, 3.05) is 26.7 Å². The Morgan fingerprint density at radius 2 is 1.50 bits per heavy atom. The van der Waals surface area contributed by atoms with E-state index in [-0.39, 0.29) is 10.8 Å². The Bertz CT molecular complexity index is 874. The maximum Gasteiger partial charge on any atom is 0.253 e. The fraction of sp³-hybridized carbons (Fsp3) is 0.381. The van der Waals surface area contributed by atoms with E-state index in [1.807, 2.05) is 31.2 Å². The molecule has 7 heteroatoms. The third kappa shape index (κ3) is 5.11. The molecule has 28 heavy (non-hydrogen) atoms. The Labute approximate surface area is 167 Å². The van der Waals surface area contributed by atoms with E-state index < -0.39 is 10.0 Å². The molecule has 0 unspecified atom stereocenters. The summed E-state index contributed by atoms with van der Waals surface area (Å²) in [6.07, 6.45) is 0. The molecule has 0 aromatic heterocycles. The topological polar surface area (TPSA) is 66.9 Å². The maximum absolute atomic E-state index is 12.7. The highest BCUT2D eigenvalue weighted by Crippen LogP contribution is 2.18. The quantitative estimate of drug-likeness (QED) is 0.643. The van der Waals surface area contributed by atoms with E-state index >= 15 is 0 Å². The molecule has 0 aliphatic heterocycles. The van der Waals surface area contributed by atoms with Crippen LogP contribution >= 0.6 is 0 Å². The van der Waals surface area contributed by atoms with Crippen molar-refractivity contribution in [1.29, 1.82) is 0 Å². The monoisotopic (exact) mass is 404 g/mol. The minimum absolute atomic E-state index is 0.166. The molecule has 0 heterocycles. The molecule has 2 rings (SSSR count). The summed E-state index contributed by atoms with van der Waals surface area (Å²) in [5, 5.41) is 0. The smallest absolute Gasteiger partial charge is 0.253 e. The molecular weight excluding hydrogens is 376 g/mol. The molecule has 0 spiro atoms. The lowest BCUT2D eigenvalue weighted by Crippen LogP contribution is -2.30. The third-order valence-electron chi connectivity index (χ3n) is 4.45. The lowest BCUT2D eigenvalue weighted by molar-refractivity contribution is 0.0785. The van der Waals surface area contributed by atoms with Crippen molar-refractivity contribution in [3.63, 3.8) is 0 Å². The number of ether oxygens (including phenoxy) is 1. The summed E-state index contributed by atoms with van der Waals surface area (Å²) in [4.78, 5) is 14.5. The summed E-state index contributed by atoms with van der Waals surface area (Å²) in [6.45, 7) is 7.40. The van der Waals surface area contributed by atoms with E-state index in [1.165, 1.54) is 16.4 Å². The van der Waals surface area contributed by atoms with Crippen LogP contribution in [0.25, 0.3) is 0 Å². The number of nitrogens with zero attached hydrogens (tertiary/aromatic N) is 2. The molecule has 0 atom stereocenters. The second-order valence-corrected chi connectivity index (χ2v) is 8.29. The molecule has 0 N–H and O–H groups in total. The summed E-state index contributed by atoms with van der Waals surface area (Å²) < 4.78 is 31.9. The highest BCUT2D eigenvalue weighted by atomic mass is 32.2. The van der Waals surface area contributed by atoms with Crippen LogP contribution in [-0.2, 0) is 16.6 Å². The van der Waals surface area contributed by atoms with Gasteiger partial charge in [-0.05, 0) is 48.9 Å². The zero-order valence-corrected chi connectivity index (χ0v) is 17.7. The summed E-state index contributed by atoms with van der Waals surface area (Å²) >= 11 is 0. The van der Waals surface area contributed by atoms with Gasteiger partial charge in [0.05, 0.1) is 11.5 Å². The summed E-state index contributed by atoms with van der Waals surface area (Å²) in [7, 11) is -1.80. The first kappa shape index (κ1) is 21.9. The van der Waals surface area contributed by atoms with Crippen LogP contribution in [0.15, 0.2) is 53.4 Å². The fourth-order valence-corrected chi connectivity index (χ4v) is 4.36. The summed E-state index contributed by atoms with van der Waals surface area (Å²) in [5.74, 6) is 0.630. The Morgan fingerprint density at radius 1 is 0.929 bits per heavy atom. The third-order valence-corrected chi connectivity index (χ3v) is 6.51. The number of benzene rings is 2. The highest BCUT2D eigenvalue weighted by molar-refractivity contribution is 7.89. The van der Waals surface area contributed by atoms with Crippen molar-refractivity contribution < 1.29 is 17.9 Å². The van der Waals surface area contributed by atoms with Crippen molar-refractivity contribution in [3.05, 3.63) is 59.7 Å². The van der Waals surface area contributed by atoms with Gasteiger partial charge in [-0.2, -0.15) is 4.31 Å². The molecule has 152 valence electrons. The summed E-state index contributed by atoms with van der Waals surface area (Å²) in [6, 6.07) is 13.7. The fourth-order valence-electron chi connectivity index (χ4n) is 2.91. The van der Waals surface area contributed by atoms with Gasteiger partial charge in [0, 0.05) is 32.2 Å². The SMILES string of the molecule is CCOc1ccc(CN(C)C(=O)c2ccc(S(=O)(=O)N(CC)CC)cc2)cc1. The van der Waals surface area contributed by atoms with Crippen molar-refractivity contribution in [2.45, 2.75) is 32.2 Å². The minimum Gasteiger partial charge on any atom is -0.494 e. The number of rotatable bonds is 9. The van der Waals surface area contributed by atoms with Crippen LogP contribution in [0, 0.1) is 0 Å². The van der Waals surface area contributed by atoms with Gasteiger partial charge < -0.3 is 9.64 Å². The van der Waals surface area contributed by atoms with Gasteiger partial charge >= 0.3 is 0 Å². The van der Waals surface area contributed by atoms with E-state index in [2.05, 4.69) is 0 Å². The van der Waals surface area contributed by atoms with Gasteiger partial charge in [-0.15, -0.1) is 0 Å². The van der Waals surface area contributed by atoms with Crippen LogP contribution in [-0.4, -0.2) is 50.3 Å². The number of carbonyl (C=O) groups excluding carboxylic acids is 1. The Balaban J connectivity index is 2.09. The largest absolute Gasteiger partial charge is 0.494 e. The van der Waals surface area contributed by atoms with Crippen molar-refractivity contribution in [3.8, 4) is 5.75 Å². The van der Waals surface area contributed by atoms with E-state index in [0.29, 0.717) is 31.8 Å². The minimum atomic E-state index is -3.52. The molecular formula is C21H28N2O4S. The van der Waals surface area contributed by atoms with Crippen LogP contribution in [0.4, 0.5) is 0 Å². The molecule has 1 amide bonds. The molecule has 2 aromatic rings. The lowest BCUT2D eigenvalue weighted by atomic mass is 10.1. The molecule has 0 saturated heterocycles. The molecule has 6 nitrogen and oxygen atoms in total. The number of sulfonamides is 1. The van der Waals surface area contributed by atoms with Crippen molar-refractivity contribution in [1.82, 2.24) is 9.21 Å². The van der Waals surface area contributed by atoms with Crippen LogP contribution in [0.3, 0.4) is 0 Å². The number of amides is 1. The molecule has 2 aromatic carbocycles. The zero-order valence-electron chi connectivity index (χ0n) is 16.9. The van der Waals surface area contributed by atoms with Crippen LogP contribution in [0.1, 0.15) is 36.7 Å². The van der Waals surface area contributed by atoms with Gasteiger partial charge in [-0.3, -0.25) is 4.79 Å². The van der Waals surface area contributed by atoms with Gasteiger partial charge in [0.1, 0.15) is 5.75 Å². The molecule has 0 fully saturated rings. The first-order chi connectivity index (χ1) is 13.3. The number of carbonyl (C=O) groups is 1. The molecule has 0 bridgehead atoms. The van der Waals surface area contributed by atoms with Gasteiger partial charge in [0.25, 0.3) is 5.91 Å². The van der Waals surface area contributed by atoms with E-state index in [9.17, 15) is 13.2 Å². The molecule has 0 aliphatic rings. The van der Waals surface area contributed by atoms with E-state index in [1.54, 1.807) is 37.9 Å². The Kier molecular flexibility index (Phi) is 7.60. The van der Waals surface area contributed by atoms with Crippen molar-refractivity contribution >= 4 is 15.9 Å². The predicted molar refractivity (Wildman–Crippen MR) is 110 cm³/mol. The van der Waals surface area contributed by atoms with Crippen LogP contribution < -0.4 is 4.74 Å². The van der Waals surface area contributed by atoms with E-state index in [0.717, 1.165) is 11.3 Å². The number of hydrogen-bond donors (Lipinski definition) is 0. The zero-order chi connectivity index (χ0) is 20.7. The van der Waals surface area contributed by atoms with Gasteiger partial charge in [0.2, 0.25) is 10.0 Å². The maximum atomic E-state index is 12.7. The highest BCUT2D eigenvalue weighted by Gasteiger charge is 2.22.